The normalized spacial score (nSPS) is 14.9. The van der Waals surface area contributed by atoms with E-state index in [-0.39, 0.29) is 23.2 Å². The molecule has 25 heavy (non-hydrogen) atoms. The standard InChI is InChI=1S/C16H15FN6OS/c17-10-1-2-11-13(7-10)25-16(21-11)23-5-3-22(4-6-23)15(24)12-8-19-9-14(18)20-12/h1-2,7-9H,3-6H2,(H2,18,20). The molecule has 0 unspecified atom stereocenters. The molecule has 1 saturated heterocycles. The van der Waals surface area contributed by atoms with Gasteiger partial charge < -0.3 is 15.5 Å². The number of thiazole rings is 1. The predicted molar refractivity (Wildman–Crippen MR) is 94.1 cm³/mol. The molecule has 1 aliphatic rings. The lowest BCUT2D eigenvalue weighted by Gasteiger charge is -2.34. The van der Waals surface area contributed by atoms with Gasteiger partial charge in [0.15, 0.2) is 5.13 Å². The van der Waals surface area contributed by atoms with E-state index >= 15 is 0 Å². The Hall–Kier alpha value is -2.81. The molecule has 128 valence electrons. The highest BCUT2D eigenvalue weighted by molar-refractivity contribution is 7.22. The number of hydrogen-bond donors (Lipinski definition) is 1. The summed E-state index contributed by atoms with van der Waals surface area (Å²) < 4.78 is 14.1. The van der Waals surface area contributed by atoms with Gasteiger partial charge >= 0.3 is 0 Å². The fraction of sp³-hybridized carbons (Fsp3) is 0.250. The minimum atomic E-state index is -0.263. The Kier molecular flexibility index (Phi) is 3.92. The quantitative estimate of drug-likeness (QED) is 0.751. The summed E-state index contributed by atoms with van der Waals surface area (Å²) in [6.07, 6.45) is 2.83. The topological polar surface area (TPSA) is 88.2 Å². The first-order valence-electron chi connectivity index (χ1n) is 7.78. The lowest BCUT2D eigenvalue weighted by atomic mass is 10.3. The van der Waals surface area contributed by atoms with Crippen molar-refractivity contribution in [2.24, 2.45) is 0 Å². The molecule has 0 spiro atoms. The number of halogens is 1. The van der Waals surface area contributed by atoms with Gasteiger partial charge in [-0.2, -0.15) is 0 Å². The number of carbonyl (C=O) groups excluding carboxylic acids is 1. The summed E-state index contributed by atoms with van der Waals surface area (Å²) in [5.74, 6) is -0.210. The third-order valence-electron chi connectivity index (χ3n) is 4.05. The number of piperazine rings is 1. The smallest absolute Gasteiger partial charge is 0.274 e. The van der Waals surface area contributed by atoms with Gasteiger partial charge in [-0.1, -0.05) is 11.3 Å². The van der Waals surface area contributed by atoms with Gasteiger partial charge in [-0.25, -0.2) is 14.4 Å². The molecule has 4 rings (SSSR count). The predicted octanol–water partition coefficient (Wildman–Crippen LogP) is 1.77. The number of hydrogen-bond acceptors (Lipinski definition) is 7. The molecule has 0 radical (unpaired) electrons. The van der Waals surface area contributed by atoms with Crippen LogP contribution in [0.25, 0.3) is 10.2 Å². The summed E-state index contributed by atoms with van der Waals surface area (Å²) in [5, 5.41) is 0.844. The molecule has 1 amide bonds. The van der Waals surface area contributed by atoms with Crippen molar-refractivity contribution in [3.05, 3.63) is 42.1 Å². The van der Waals surface area contributed by atoms with E-state index in [1.807, 2.05) is 0 Å². The van der Waals surface area contributed by atoms with Crippen LogP contribution >= 0.6 is 11.3 Å². The zero-order valence-electron chi connectivity index (χ0n) is 13.2. The highest BCUT2D eigenvalue weighted by Crippen LogP contribution is 2.30. The number of nitrogens with zero attached hydrogens (tertiary/aromatic N) is 5. The van der Waals surface area contributed by atoms with E-state index in [0.29, 0.717) is 26.2 Å². The largest absolute Gasteiger partial charge is 0.382 e. The molecule has 3 aromatic rings. The molecule has 1 fully saturated rings. The van der Waals surface area contributed by atoms with Gasteiger partial charge in [0.2, 0.25) is 0 Å². The highest BCUT2D eigenvalue weighted by Gasteiger charge is 2.25. The Morgan fingerprint density at radius 1 is 1.16 bits per heavy atom. The zero-order valence-corrected chi connectivity index (χ0v) is 14.0. The summed E-state index contributed by atoms with van der Waals surface area (Å²) in [6.45, 7) is 2.42. The molecule has 1 aromatic carbocycles. The van der Waals surface area contributed by atoms with Crippen LogP contribution in [0.1, 0.15) is 10.5 Å². The number of benzene rings is 1. The maximum atomic E-state index is 13.3. The van der Waals surface area contributed by atoms with Gasteiger partial charge in [0.1, 0.15) is 17.3 Å². The Bertz CT molecular complexity index is 937. The average molecular weight is 358 g/mol. The molecule has 9 heteroatoms. The van der Waals surface area contributed by atoms with E-state index in [0.717, 1.165) is 15.3 Å². The summed E-state index contributed by atoms with van der Waals surface area (Å²) >= 11 is 1.46. The van der Waals surface area contributed by atoms with E-state index in [9.17, 15) is 9.18 Å². The van der Waals surface area contributed by atoms with E-state index in [1.54, 1.807) is 11.0 Å². The molecule has 0 bridgehead atoms. The number of amides is 1. The molecule has 0 aliphatic carbocycles. The van der Waals surface area contributed by atoms with Crippen LogP contribution in [-0.4, -0.2) is 51.9 Å². The fourth-order valence-corrected chi connectivity index (χ4v) is 3.81. The van der Waals surface area contributed by atoms with E-state index < -0.39 is 0 Å². The van der Waals surface area contributed by atoms with Crippen LogP contribution in [-0.2, 0) is 0 Å². The lowest BCUT2D eigenvalue weighted by Crippen LogP contribution is -2.49. The van der Waals surface area contributed by atoms with Gasteiger partial charge in [0.25, 0.3) is 5.91 Å². The van der Waals surface area contributed by atoms with Gasteiger partial charge in [0.05, 0.1) is 22.6 Å². The van der Waals surface area contributed by atoms with E-state index in [4.69, 9.17) is 5.73 Å². The number of nitrogens with two attached hydrogens (primary N) is 1. The van der Waals surface area contributed by atoms with Crippen molar-refractivity contribution in [2.45, 2.75) is 0 Å². The van der Waals surface area contributed by atoms with Crippen molar-refractivity contribution in [2.75, 3.05) is 36.8 Å². The molecule has 1 aliphatic heterocycles. The summed E-state index contributed by atoms with van der Waals surface area (Å²) in [6, 6.07) is 4.59. The summed E-state index contributed by atoms with van der Waals surface area (Å²) in [4.78, 5) is 28.8. The van der Waals surface area contributed by atoms with Crippen molar-refractivity contribution < 1.29 is 9.18 Å². The SMILES string of the molecule is Nc1cncc(C(=O)N2CCN(c3nc4ccc(F)cc4s3)CC2)n1. The Labute approximate surface area is 146 Å². The zero-order chi connectivity index (χ0) is 17.4. The molecule has 2 aromatic heterocycles. The Morgan fingerprint density at radius 2 is 1.96 bits per heavy atom. The van der Waals surface area contributed by atoms with Gasteiger partial charge in [-0.05, 0) is 18.2 Å². The minimum Gasteiger partial charge on any atom is -0.382 e. The molecule has 2 N–H and O–H groups in total. The summed E-state index contributed by atoms with van der Waals surface area (Å²) in [5.41, 5.74) is 6.63. The van der Waals surface area contributed by atoms with Crippen LogP contribution in [0.2, 0.25) is 0 Å². The van der Waals surface area contributed by atoms with Crippen molar-refractivity contribution in [3.8, 4) is 0 Å². The number of carbonyl (C=O) groups is 1. The third kappa shape index (κ3) is 3.10. The van der Waals surface area contributed by atoms with Crippen LogP contribution in [0, 0.1) is 5.82 Å². The van der Waals surface area contributed by atoms with Crippen LogP contribution in [0.4, 0.5) is 15.3 Å². The van der Waals surface area contributed by atoms with Gasteiger partial charge in [0, 0.05) is 26.2 Å². The first-order valence-corrected chi connectivity index (χ1v) is 8.59. The molecule has 0 saturated carbocycles. The van der Waals surface area contributed by atoms with Gasteiger partial charge in [-0.15, -0.1) is 0 Å². The van der Waals surface area contributed by atoms with Crippen LogP contribution in [0.5, 0.6) is 0 Å². The molecule has 7 nitrogen and oxygen atoms in total. The average Bonchev–Trinajstić information content (AvgIpc) is 3.04. The van der Waals surface area contributed by atoms with E-state index in [2.05, 4.69) is 19.9 Å². The second-order valence-corrected chi connectivity index (χ2v) is 6.73. The van der Waals surface area contributed by atoms with Crippen LogP contribution < -0.4 is 10.6 Å². The molecule has 3 heterocycles. The monoisotopic (exact) mass is 358 g/mol. The Morgan fingerprint density at radius 3 is 2.72 bits per heavy atom. The molecule has 0 atom stereocenters. The second-order valence-electron chi connectivity index (χ2n) is 5.72. The van der Waals surface area contributed by atoms with Crippen molar-refractivity contribution in [1.29, 1.82) is 0 Å². The first-order chi connectivity index (χ1) is 12.1. The van der Waals surface area contributed by atoms with Crippen molar-refractivity contribution in [3.63, 3.8) is 0 Å². The molecular formula is C16H15FN6OS. The number of nitrogen functional groups attached to an aromatic ring is 1. The maximum absolute atomic E-state index is 13.3. The number of anilines is 2. The van der Waals surface area contributed by atoms with E-state index in [1.165, 1.54) is 35.9 Å². The second kappa shape index (κ2) is 6.25. The number of rotatable bonds is 2. The van der Waals surface area contributed by atoms with Crippen LogP contribution in [0.15, 0.2) is 30.6 Å². The third-order valence-corrected chi connectivity index (χ3v) is 5.13. The number of aromatic nitrogens is 3. The fourth-order valence-electron chi connectivity index (χ4n) is 2.77. The van der Waals surface area contributed by atoms with Crippen LogP contribution in [0.3, 0.4) is 0 Å². The summed E-state index contributed by atoms with van der Waals surface area (Å²) in [7, 11) is 0. The maximum Gasteiger partial charge on any atom is 0.274 e. The Balaban J connectivity index is 1.46. The number of fused-ring (bicyclic) bond motifs is 1. The minimum absolute atomic E-state index is 0.175. The van der Waals surface area contributed by atoms with Gasteiger partial charge in [-0.3, -0.25) is 9.78 Å². The lowest BCUT2D eigenvalue weighted by molar-refractivity contribution is 0.0740. The highest BCUT2D eigenvalue weighted by atomic mass is 32.1. The molecular weight excluding hydrogens is 343 g/mol. The van der Waals surface area contributed by atoms with Crippen molar-refractivity contribution in [1.82, 2.24) is 19.9 Å². The first kappa shape index (κ1) is 15.7. The van der Waals surface area contributed by atoms with Crippen molar-refractivity contribution >= 4 is 38.4 Å².